The minimum absolute atomic E-state index is 0.882. The lowest BCUT2D eigenvalue weighted by Crippen LogP contribution is -2.29. The van der Waals surface area contributed by atoms with E-state index in [9.17, 15) is 9.59 Å². The summed E-state index contributed by atoms with van der Waals surface area (Å²) in [5.41, 5.74) is 0. The Bertz CT molecular complexity index is 260. The number of carbonyl (C=O) groups excluding carboxylic acids is 2. The van der Waals surface area contributed by atoms with Gasteiger partial charge in [0.05, 0.1) is 0 Å². The second kappa shape index (κ2) is 5.17. The Balaban J connectivity index is 4.30. The first-order chi connectivity index (χ1) is 6.33. The van der Waals surface area contributed by atoms with E-state index in [-0.39, 0.29) is 0 Å². The van der Waals surface area contributed by atoms with Crippen LogP contribution in [0.2, 0.25) is 38.3 Å². The van der Waals surface area contributed by atoms with Gasteiger partial charge in [0.25, 0.3) is 0 Å². The van der Waals surface area contributed by atoms with Crippen LogP contribution < -0.4 is 0 Å². The molecule has 0 saturated carbocycles. The minimum atomic E-state index is -1.80. The molecule has 0 spiro atoms. The summed E-state index contributed by atoms with van der Waals surface area (Å²) in [5, 5.41) is 0. The highest BCUT2D eigenvalue weighted by Crippen LogP contribution is 2.21. The van der Waals surface area contributed by atoms with Crippen LogP contribution in [0.25, 0.3) is 0 Å². The molecule has 78 valence electrons. The molecule has 14 heavy (non-hydrogen) atoms. The van der Waals surface area contributed by atoms with Gasteiger partial charge in [-0.15, -0.1) is 0 Å². The fraction of sp³-hybridized carbons (Fsp3) is 0.750. The SMILES string of the molecule is C[Si](C)(CC[Si](C)(C)N=C=O)N=C=O. The van der Waals surface area contributed by atoms with Crippen molar-refractivity contribution in [1.29, 1.82) is 0 Å². The molecule has 0 unspecified atom stereocenters. The van der Waals surface area contributed by atoms with Gasteiger partial charge in [0.1, 0.15) is 0 Å². The van der Waals surface area contributed by atoms with Crippen molar-refractivity contribution in [2.24, 2.45) is 9.32 Å². The Hall–Kier alpha value is -0.806. The van der Waals surface area contributed by atoms with Crippen LogP contribution in [0.3, 0.4) is 0 Å². The summed E-state index contributed by atoms with van der Waals surface area (Å²) >= 11 is 0. The van der Waals surface area contributed by atoms with Gasteiger partial charge in [-0.25, -0.2) is 18.9 Å². The van der Waals surface area contributed by atoms with E-state index in [1.54, 1.807) is 12.2 Å². The Labute approximate surface area is 86.3 Å². The highest BCUT2D eigenvalue weighted by Gasteiger charge is 2.27. The third kappa shape index (κ3) is 5.77. The predicted octanol–water partition coefficient (Wildman–Crippen LogP) is 2.07. The Morgan fingerprint density at radius 2 is 1.14 bits per heavy atom. The van der Waals surface area contributed by atoms with Gasteiger partial charge in [-0.3, -0.25) is 0 Å². The topological polar surface area (TPSA) is 58.9 Å². The summed E-state index contributed by atoms with van der Waals surface area (Å²) in [6.07, 6.45) is 3.24. The van der Waals surface area contributed by atoms with Crippen LogP contribution in [0.1, 0.15) is 0 Å². The van der Waals surface area contributed by atoms with Crippen molar-refractivity contribution in [3.8, 4) is 0 Å². The average Bonchev–Trinajstić information content (AvgIpc) is 2.01. The number of rotatable bonds is 5. The molecular formula is C8H16N2O2Si2. The highest BCUT2D eigenvalue weighted by molar-refractivity contribution is 6.81. The van der Waals surface area contributed by atoms with Gasteiger partial charge in [-0.2, -0.15) is 0 Å². The molecule has 0 aliphatic heterocycles. The van der Waals surface area contributed by atoms with Gasteiger partial charge < -0.3 is 0 Å². The second-order valence-corrected chi connectivity index (χ2v) is 13.2. The van der Waals surface area contributed by atoms with Crippen molar-refractivity contribution < 1.29 is 9.59 Å². The molecule has 0 aliphatic rings. The fourth-order valence-electron chi connectivity index (χ4n) is 0.971. The molecule has 0 heterocycles. The smallest absolute Gasteiger partial charge is 0.224 e. The van der Waals surface area contributed by atoms with E-state index in [2.05, 4.69) is 9.32 Å². The summed E-state index contributed by atoms with van der Waals surface area (Å²) < 4.78 is 7.67. The lowest BCUT2D eigenvalue weighted by atomic mass is 10.9. The summed E-state index contributed by atoms with van der Waals surface area (Å²) in [6, 6.07) is 1.76. The van der Waals surface area contributed by atoms with Crippen LogP contribution >= 0.6 is 0 Å². The first kappa shape index (κ1) is 13.2. The standard InChI is InChI=1S/C8H16N2O2Si2/c1-13(2,9-7-11)5-6-14(3,4)10-8-12/h5-6H2,1-4H3. The molecule has 0 aromatic rings. The van der Waals surface area contributed by atoms with E-state index in [0.717, 1.165) is 12.1 Å². The Morgan fingerprint density at radius 1 is 0.857 bits per heavy atom. The lowest BCUT2D eigenvalue weighted by molar-refractivity contribution is 0.565. The van der Waals surface area contributed by atoms with Crippen molar-refractivity contribution in [2.75, 3.05) is 0 Å². The molecule has 0 bridgehead atoms. The zero-order valence-corrected chi connectivity index (χ0v) is 11.1. The minimum Gasteiger partial charge on any atom is -0.248 e. The van der Waals surface area contributed by atoms with E-state index in [1.165, 1.54) is 0 Å². The zero-order valence-electron chi connectivity index (χ0n) is 9.13. The molecule has 0 amide bonds. The molecule has 0 fully saturated rings. The van der Waals surface area contributed by atoms with Crippen LogP contribution in [0.15, 0.2) is 9.32 Å². The number of hydrogen-bond donors (Lipinski definition) is 0. The van der Waals surface area contributed by atoms with E-state index in [1.807, 2.05) is 26.2 Å². The van der Waals surface area contributed by atoms with E-state index in [4.69, 9.17) is 0 Å². The molecule has 6 heteroatoms. The van der Waals surface area contributed by atoms with Crippen molar-refractivity contribution in [3.05, 3.63) is 0 Å². The number of hydrogen-bond acceptors (Lipinski definition) is 4. The maximum absolute atomic E-state index is 10.1. The highest BCUT2D eigenvalue weighted by atomic mass is 28.3. The molecule has 4 nitrogen and oxygen atoms in total. The molecule has 0 rings (SSSR count). The molecule has 0 aromatic heterocycles. The van der Waals surface area contributed by atoms with Gasteiger partial charge in [-0.1, -0.05) is 0 Å². The van der Waals surface area contributed by atoms with Gasteiger partial charge >= 0.3 is 0 Å². The van der Waals surface area contributed by atoms with E-state index in [0.29, 0.717) is 0 Å². The molecule has 0 saturated heterocycles. The number of isocyanates is 2. The zero-order chi connectivity index (χ0) is 11.2. The maximum Gasteiger partial charge on any atom is 0.224 e. The Morgan fingerprint density at radius 3 is 1.36 bits per heavy atom. The molecule has 0 atom stereocenters. The average molecular weight is 228 g/mol. The quantitative estimate of drug-likeness (QED) is 0.411. The van der Waals surface area contributed by atoms with Gasteiger partial charge in [0.2, 0.25) is 12.2 Å². The molecule has 0 aliphatic carbocycles. The Kier molecular flexibility index (Phi) is 4.87. The van der Waals surface area contributed by atoms with Gasteiger partial charge in [0, 0.05) is 0 Å². The summed E-state index contributed by atoms with van der Waals surface area (Å²) in [6.45, 7) is 8.03. The third-order valence-electron chi connectivity index (χ3n) is 2.05. The first-order valence-electron chi connectivity index (χ1n) is 4.51. The van der Waals surface area contributed by atoms with Crippen LogP contribution in [0, 0.1) is 0 Å². The third-order valence-corrected chi connectivity index (χ3v) is 6.89. The van der Waals surface area contributed by atoms with Crippen LogP contribution in [-0.4, -0.2) is 28.6 Å². The monoisotopic (exact) mass is 228 g/mol. The molecular weight excluding hydrogens is 212 g/mol. The van der Waals surface area contributed by atoms with Crippen molar-refractivity contribution in [2.45, 2.75) is 38.3 Å². The van der Waals surface area contributed by atoms with Crippen molar-refractivity contribution in [3.63, 3.8) is 0 Å². The maximum atomic E-state index is 10.1. The molecule has 0 radical (unpaired) electrons. The normalized spacial score (nSPS) is 11.4. The molecule has 0 N–H and O–H groups in total. The van der Waals surface area contributed by atoms with Crippen LogP contribution in [0.4, 0.5) is 0 Å². The summed E-state index contributed by atoms with van der Waals surface area (Å²) in [4.78, 5) is 20.3. The largest absolute Gasteiger partial charge is 0.248 e. The van der Waals surface area contributed by atoms with Crippen molar-refractivity contribution in [1.82, 2.24) is 0 Å². The van der Waals surface area contributed by atoms with Crippen molar-refractivity contribution >= 4 is 28.6 Å². The van der Waals surface area contributed by atoms with E-state index < -0.39 is 16.5 Å². The number of nitrogens with zero attached hydrogens (tertiary/aromatic N) is 2. The first-order valence-corrected chi connectivity index (χ1v) is 10.8. The lowest BCUT2D eigenvalue weighted by Gasteiger charge is -2.19. The fourth-order valence-corrected chi connectivity index (χ4v) is 6.58. The van der Waals surface area contributed by atoms with Crippen LogP contribution in [-0.2, 0) is 9.59 Å². The van der Waals surface area contributed by atoms with Gasteiger partial charge in [-0.05, 0) is 38.3 Å². The summed E-state index contributed by atoms with van der Waals surface area (Å²) in [5.74, 6) is 0. The van der Waals surface area contributed by atoms with E-state index >= 15 is 0 Å². The molecule has 0 aromatic carbocycles. The second-order valence-electron chi connectivity index (χ2n) is 4.53. The van der Waals surface area contributed by atoms with Gasteiger partial charge in [0.15, 0.2) is 16.5 Å². The van der Waals surface area contributed by atoms with Crippen LogP contribution in [0.5, 0.6) is 0 Å². The predicted molar refractivity (Wildman–Crippen MR) is 60.8 cm³/mol. The summed E-state index contributed by atoms with van der Waals surface area (Å²) in [7, 11) is -3.59.